The number of H-pyrrole nitrogens is 1. The van der Waals surface area contributed by atoms with E-state index < -0.39 is 0 Å². The van der Waals surface area contributed by atoms with Gasteiger partial charge >= 0.3 is 0 Å². The van der Waals surface area contributed by atoms with Gasteiger partial charge < -0.3 is 16.0 Å². The van der Waals surface area contributed by atoms with Gasteiger partial charge in [0.1, 0.15) is 11.6 Å². The molecular formula is C12H15FN4. The summed E-state index contributed by atoms with van der Waals surface area (Å²) in [4.78, 5) is 7.18. The molecule has 1 aromatic carbocycles. The van der Waals surface area contributed by atoms with E-state index in [1.165, 1.54) is 6.07 Å². The molecule has 0 amide bonds. The van der Waals surface area contributed by atoms with Crippen LogP contribution in [0.2, 0.25) is 0 Å². The normalized spacial score (nSPS) is 12.4. The van der Waals surface area contributed by atoms with Gasteiger partial charge in [-0.25, -0.2) is 9.37 Å². The first-order valence-corrected chi connectivity index (χ1v) is 5.51. The minimum absolute atomic E-state index is 0.0388. The Labute approximate surface area is 99.1 Å². The van der Waals surface area contributed by atoms with E-state index in [0.717, 1.165) is 12.2 Å². The molecule has 0 aliphatic rings. The molecule has 0 saturated heterocycles. The summed E-state index contributed by atoms with van der Waals surface area (Å²) in [6, 6.07) is 4.57. The first-order chi connectivity index (χ1) is 8.20. The number of nitrogen functional groups attached to an aromatic ring is 1. The number of imidazole rings is 1. The highest BCUT2D eigenvalue weighted by atomic mass is 19.1. The van der Waals surface area contributed by atoms with Crippen molar-refractivity contribution in [3.05, 3.63) is 42.2 Å². The van der Waals surface area contributed by atoms with Crippen LogP contribution in [0.15, 0.2) is 30.6 Å². The number of hydrogen-bond acceptors (Lipinski definition) is 3. The zero-order chi connectivity index (χ0) is 12.3. The molecule has 0 radical (unpaired) electrons. The molecule has 1 atom stereocenters. The fourth-order valence-corrected chi connectivity index (χ4v) is 1.67. The van der Waals surface area contributed by atoms with E-state index in [1.807, 2.05) is 6.92 Å². The predicted molar refractivity (Wildman–Crippen MR) is 66.1 cm³/mol. The summed E-state index contributed by atoms with van der Waals surface area (Å²) < 4.78 is 13.6. The third-order valence-electron chi connectivity index (χ3n) is 2.58. The molecule has 0 saturated carbocycles. The van der Waals surface area contributed by atoms with Crippen molar-refractivity contribution >= 4 is 11.4 Å². The number of anilines is 2. The van der Waals surface area contributed by atoms with Crippen LogP contribution in [0.1, 0.15) is 25.2 Å². The van der Waals surface area contributed by atoms with E-state index in [9.17, 15) is 4.39 Å². The molecule has 4 N–H and O–H groups in total. The average Bonchev–Trinajstić information content (AvgIpc) is 2.81. The van der Waals surface area contributed by atoms with E-state index in [-0.39, 0.29) is 11.9 Å². The van der Waals surface area contributed by atoms with Gasteiger partial charge in [-0.05, 0) is 24.6 Å². The van der Waals surface area contributed by atoms with Gasteiger partial charge in [-0.3, -0.25) is 0 Å². The second-order valence-corrected chi connectivity index (χ2v) is 3.82. The maximum Gasteiger partial charge on any atom is 0.148 e. The highest BCUT2D eigenvalue weighted by molar-refractivity contribution is 5.53. The molecule has 5 heteroatoms. The van der Waals surface area contributed by atoms with E-state index in [0.29, 0.717) is 11.4 Å². The number of rotatable bonds is 4. The summed E-state index contributed by atoms with van der Waals surface area (Å²) in [6.45, 7) is 2.01. The number of nitrogens with two attached hydrogens (primary N) is 1. The molecule has 1 heterocycles. The van der Waals surface area contributed by atoms with Crippen LogP contribution in [0.5, 0.6) is 0 Å². The third-order valence-corrected chi connectivity index (χ3v) is 2.58. The lowest BCUT2D eigenvalue weighted by molar-refractivity contribution is 0.621. The van der Waals surface area contributed by atoms with Crippen LogP contribution in [-0.2, 0) is 0 Å². The highest BCUT2D eigenvalue weighted by Crippen LogP contribution is 2.23. The fraction of sp³-hybridized carbons (Fsp3) is 0.250. The third kappa shape index (κ3) is 2.55. The smallest absolute Gasteiger partial charge is 0.148 e. The van der Waals surface area contributed by atoms with Crippen molar-refractivity contribution in [2.75, 3.05) is 11.1 Å². The Morgan fingerprint density at radius 1 is 1.53 bits per heavy atom. The molecule has 1 aromatic heterocycles. The largest absolute Gasteiger partial charge is 0.399 e. The van der Waals surface area contributed by atoms with Crippen LogP contribution >= 0.6 is 0 Å². The number of nitrogens with one attached hydrogen (secondary N) is 2. The molecule has 0 aliphatic carbocycles. The monoisotopic (exact) mass is 234 g/mol. The maximum absolute atomic E-state index is 13.6. The maximum atomic E-state index is 13.6. The van der Waals surface area contributed by atoms with Crippen molar-refractivity contribution in [3.8, 4) is 0 Å². The molecule has 2 aromatic rings. The topological polar surface area (TPSA) is 66.7 Å². The second-order valence-electron chi connectivity index (χ2n) is 3.82. The van der Waals surface area contributed by atoms with Gasteiger partial charge in [-0.1, -0.05) is 6.92 Å². The second kappa shape index (κ2) is 4.86. The van der Waals surface area contributed by atoms with Crippen molar-refractivity contribution < 1.29 is 4.39 Å². The van der Waals surface area contributed by atoms with E-state index >= 15 is 0 Å². The van der Waals surface area contributed by atoms with Gasteiger partial charge in [0.2, 0.25) is 0 Å². The molecule has 0 fully saturated rings. The van der Waals surface area contributed by atoms with Crippen molar-refractivity contribution in [3.63, 3.8) is 0 Å². The standard InChI is InChI=1S/C12H15FN4/c1-2-10(12-15-5-6-16-12)17-11-4-3-8(14)7-9(11)13/h3-7,10,17H,2,14H2,1H3,(H,15,16). The van der Waals surface area contributed by atoms with Gasteiger partial charge in [-0.2, -0.15) is 0 Å². The number of benzene rings is 1. The van der Waals surface area contributed by atoms with Gasteiger partial charge in [0.25, 0.3) is 0 Å². The summed E-state index contributed by atoms with van der Waals surface area (Å²) in [5.74, 6) is 0.443. The Morgan fingerprint density at radius 3 is 2.94 bits per heavy atom. The van der Waals surface area contributed by atoms with Crippen LogP contribution in [0.3, 0.4) is 0 Å². The molecule has 17 heavy (non-hydrogen) atoms. The molecule has 0 spiro atoms. The minimum atomic E-state index is -0.352. The summed E-state index contributed by atoms with van der Waals surface area (Å²) >= 11 is 0. The number of aromatic nitrogens is 2. The van der Waals surface area contributed by atoms with Gasteiger partial charge in [0.15, 0.2) is 0 Å². The lowest BCUT2D eigenvalue weighted by Gasteiger charge is -2.16. The first-order valence-electron chi connectivity index (χ1n) is 5.51. The number of nitrogens with zero attached hydrogens (tertiary/aromatic N) is 1. The fourth-order valence-electron chi connectivity index (χ4n) is 1.67. The Morgan fingerprint density at radius 2 is 2.35 bits per heavy atom. The SMILES string of the molecule is CCC(Nc1ccc(N)cc1F)c1ncc[nH]1. The van der Waals surface area contributed by atoms with Crippen LogP contribution in [-0.4, -0.2) is 9.97 Å². The van der Waals surface area contributed by atoms with E-state index in [1.54, 1.807) is 24.5 Å². The molecule has 0 aliphatic heterocycles. The molecule has 0 bridgehead atoms. The van der Waals surface area contributed by atoms with Crippen LogP contribution in [0.25, 0.3) is 0 Å². The Hall–Kier alpha value is -2.04. The van der Waals surface area contributed by atoms with Crippen LogP contribution in [0.4, 0.5) is 15.8 Å². The van der Waals surface area contributed by atoms with Crippen molar-refractivity contribution in [2.24, 2.45) is 0 Å². The summed E-state index contributed by atoms with van der Waals surface area (Å²) in [5.41, 5.74) is 6.35. The Bertz CT molecular complexity index is 481. The van der Waals surface area contributed by atoms with Crippen molar-refractivity contribution in [1.82, 2.24) is 9.97 Å². The molecule has 1 unspecified atom stereocenters. The minimum Gasteiger partial charge on any atom is -0.399 e. The Kier molecular flexibility index (Phi) is 3.27. The Balaban J connectivity index is 2.19. The van der Waals surface area contributed by atoms with Gasteiger partial charge in [0.05, 0.1) is 11.7 Å². The average molecular weight is 234 g/mol. The molecular weight excluding hydrogens is 219 g/mol. The summed E-state index contributed by atoms with van der Waals surface area (Å²) in [7, 11) is 0. The number of hydrogen-bond donors (Lipinski definition) is 3. The number of aromatic amines is 1. The zero-order valence-corrected chi connectivity index (χ0v) is 9.57. The first kappa shape index (κ1) is 11.4. The van der Waals surface area contributed by atoms with E-state index in [4.69, 9.17) is 5.73 Å². The lowest BCUT2D eigenvalue weighted by Crippen LogP contribution is -2.12. The quantitative estimate of drug-likeness (QED) is 0.712. The predicted octanol–water partition coefficient (Wildman–Crippen LogP) is 2.69. The van der Waals surface area contributed by atoms with E-state index in [2.05, 4.69) is 15.3 Å². The van der Waals surface area contributed by atoms with Crippen LogP contribution in [0, 0.1) is 5.82 Å². The summed E-state index contributed by atoms with van der Waals surface area (Å²) in [6.07, 6.45) is 4.23. The summed E-state index contributed by atoms with van der Waals surface area (Å²) in [5, 5.41) is 3.10. The van der Waals surface area contributed by atoms with Gasteiger partial charge in [0, 0.05) is 18.1 Å². The number of halogens is 1. The zero-order valence-electron chi connectivity index (χ0n) is 9.57. The van der Waals surface area contributed by atoms with Crippen molar-refractivity contribution in [2.45, 2.75) is 19.4 Å². The lowest BCUT2D eigenvalue weighted by atomic mass is 10.2. The molecule has 4 nitrogen and oxygen atoms in total. The van der Waals surface area contributed by atoms with Crippen molar-refractivity contribution in [1.29, 1.82) is 0 Å². The van der Waals surface area contributed by atoms with Gasteiger partial charge in [-0.15, -0.1) is 0 Å². The molecule has 2 rings (SSSR count). The highest BCUT2D eigenvalue weighted by Gasteiger charge is 2.13. The molecule has 90 valence electrons. The van der Waals surface area contributed by atoms with Crippen LogP contribution < -0.4 is 11.1 Å².